The Labute approximate surface area is 100 Å². The van der Waals surface area contributed by atoms with Gasteiger partial charge in [0.25, 0.3) is 0 Å². The van der Waals surface area contributed by atoms with Crippen LogP contribution in [0.3, 0.4) is 0 Å². The van der Waals surface area contributed by atoms with E-state index in [9.17, 15) is 22.0 Å². The Kier molecular flexibility index (Phi) is 2.80. The number of hydrogen-bond donors (Lipinski definition) is 0. The Hall–Kier alpha value is -1.65. The minimum Gasteiger partial charge on any atom is -0.203 e. The summed E-state index contributed by atoms with van der Waals surface area (Å²) in [5.74, 6) is -7.61. The highest BCUT2D eigenvalue weighted by molar-refractivity contribution is 5.91. The van der Waals surface area contributed by atoms with E-state index in [0.29, 0.717) is 0 Å². The van der Waals surface area contributed by atoms with E-state index in [1.807, 2.05) is 0 Å². The lowest BCUT2D eigenvalue weighted by Gasteiger charge is -2.13. The van der Waals surface area contributed by atoms with Gasteiger partial charge in [-0.1, -0.05) is 0 Å². The standard InChI is InChI=1S/C13H9F5/c1-4-5(2)9(14)11(16)8-7(4)6(3)10(15)13(18)12(8)17/h1-3H3. The lowest BCUT2D eigenvalue weighted by molar-refractivity contribution is 0.444. The fourth-order valence-corrected chi connectivity index (χ4v) is 2.08. The van der Waals surface area contributed by atoms with Gasteiger partial charge in [-0.15, -0.1) is 0 Å². The molecule has 2 rings (SSSR count). The number of hydrogen-bond acceptors (Lipinski definition) is 0. The first-order valence-electron chi connectivity index (χ1n) is 5.19. The summed E-state index contributed by atoms with van der Waals surface area (Å²) in [5, 5.41) is -0.963. The zero-order valence-corrected chi connectivity index (χ0v) is 9.89. The number of aryl methyl sites for hydroxylation is 2. The van der Waals surface area contributed by atoms with Crippen LogP contribution < -0.4 is 0 Å². The molecule has 0 heterocycles. The smallest absolute Gasteiger partial charge is 0.195 e. The fraction of sp³-hybridized carbons (Fsp3) is 0.231. The molecule has 0 saturated carbocycles. The molecule has 5 heteroatoms. The SMILES string of the molecule is Cc1c(F)c(F)c2c(F)c(F)c(F)c(C)c2c1C. The zero-order chi connectivity index (χ0) is 13.8. The van der Waals surface area contributed by atoms with E-state index in [-0.39, 0.29) is 22.1 Å². The Balaban J connectivity index is 3.22. The number of halogens is 5. The topological polar surface area (TPSA) is 0 Å². The third-order valence-electron chi connectivity index (χ3n) is 3.24. The quantitative estimate of drug-likeness (QED) is 0.484. The molecular weight excluding hydrogens is 251 g/mol. The van der Waals surface area contributed by atoms with Crippen LogP contribution in [0.4, 0.5) is 22.0 Å². The summed E-state index contributed by atoms with van der Waals surface area (Å²) in [6, 6.07) is 0. The van der Waals surface area contributed by atoms with Crippen LogP contribution >= 0.6 is 0 Å². The van der Waals surface area contributed by atoms with E-state index >= 15 is 0 Å². The summed E-state index contributed by atoms with van der Waals surface area (Å²) in [7, 11) is 0. The second kappa shape index (κ2) is 3.93. The molecule has 0 bridgehead atoms. The van der Waals surface area contributed by atoms with Crippen LogP contribution in [0.25, 0.3) is 10.8 Å². The van der Waals surface area contributed by atoms with Crippen LogP contribution in [0, 0.1) is 49.9 Å². The molecule has 0 radical (unpaired) electrons. The molecule has 0 unspecified atom stereocenters. The van der Waals surface area contributed by atoms with Gasteiger partial charge in [0, 0.05) is 0 Å². The highest BCUT2D eigenvalue weighted by atomic mass is 19.2. The number of rotatable bonds is 0. The molecule has 18 heavy (non-hydrogen) atoms. The van der Waals surface area contributed by atoms with E-state index in [0.717, 1.165) is 0 Å². The Bertz CT molecular complexity index is 560. The maximum Gasteiger partial charge on any atom is 0.195 e. The predicted octanol–water partition coefficient (Wildman–Crippen LogP) is 4.46. The molecule has 2 aromatic rings. The van der Waals surface area contributed by atoms with Crippen LogP contribution in [0.15, 0.2) is 0 Å². The molecule has 96 valence electrons. The van der Waals surface area contributed by atoms with E-state index in [1.165, 1.54) is 20.8 Å². The Morgan fingerprint density at radius 1 is 0.444 bits per heavy atom. The zero-order valence-electron chi connectivity index (χ0n) is 9.89. The molecule has 0 atom stereocenters. The van der Waals surface area contributed by atoms with Gasteiger partial charge in [-0.3, -0.25) is 0 Å². The fourth-order valence-electron chi connectivity index (χ4n) is 2.08. The average molecular weight is 260 g/mol. The molecule has 0 saturated heterocycles. The highest BCUT2D eigenvalue weighted by Crippen LogP contribution is 2.34. The highest BCUT2D eigenvalue weighted by Gasteiger charge is 2.25. The maximum absolute atomic E-state index is 13.7. The van der Waals surface area contributed by atoms with Crippen molar-refractivity contribution in [3.63, 3.8) is 0 Å². The maximum atomic E-state index is 13.7. The van der Waals surface area contributed by atoms with Gasteiger partial charge < -0.3 is 0 Å². The van der Waals surface area contributed by atoms with Gasteiger partial charge in [-0.2, -0.15) is 0 Å². The first kappa shape index (κ1) is 12.8. The lowest BCUT2D eigenvalue weighted by atomic mass is 9.95. The van der Waals surface area contributed by atoms with Crippen LogP contribution in [0.1, 0.15) is 16.7 Å². The van der Waals surface area contributed by atoms with E-state index in [1.54, 1.807) is 0 Å². The predicted molar refractivity (Wildman–Crippen MR) is 57.9 cm³/mol. The van der Waals surface area contributed by atoms with Crippen LogP contribution in [0.5, 0.6) is 0 Å². The van der Waals surface area contributed by atoms with Crippen molar-refractivity contribution in [3.05, 3.63) is 45.8 Å². The Morgan fingerprint density at radius 3 is 1.44 bits per heavy atom. The van der Waals surface area contributed by atoms with Gasteiger partial charge in [0.15, 0.2) is 29.1 Å². The summed E-state index contributed by atoms with van der Waals surface area (Å²) in [4.78, 5) is 0. The molecule has 0 spiro atoms. The minimum absolute atomic E-state index is 0.0477. The van der Waals surface area contributed by atoms with Gasteiger partial charge in [0.2, 0.25) is 0 Å². The van der Waals surface area contributed by atoms with Gasteiger partial charge in [0.05, 0.1) is 5.39 Å². The monoisotopic (exact) mass is 260 g/mol. The van der Waals surface area contributed by atoms with E-state index in [2.05, 4.69) is 0 Å². The lowest BCUT2D eigenvalue weighted by Crippen LogP contribution is -2.04. The molecular formula is C13H9F5. The summed E-state index contributed by atoms with van der Waals surface area (Å²) in [6.07, 6.45) is 0. The largest absolute Gasteiger partial charge is 0.203 e. The molecule has 0 fully saturated rings. The normalized spacial score (nSPS) is 11.3. The van der Waals surface area contributed by atoms with Crippen molar-refractivity contribution in [1.82, 2.24) is 0 Å². The second-order valence-corrected chi connectivity index (χ2v) is 4.19. The summed E-state index contributed by atoms with van der Waals surface area (Å²) in [5.41, 5.74) is -0.0869. The van der Waals surface area contributed by atoms with Crippen molar-refractivity contribution in [2.24, 2.45) is 0 Å². The number of fused-ring (bicyclic) bond motifs is 1. The second-order valence-electron chi connectivity index (χ2n) is 4.19. The average Bonchev–Trinajstić information content (AvgIpc) is 2.35. The van der Waals surface area contributed by atoms with E-state index in [4.69, 9.17) is 0 Å². The van der Waals surface area contributed by atoms with Gasteiger partial charge >= 0.3 is 0 Å². The third-order valence-corrected chi connectivity index (χ3v) is 3.24. The third kappa shape index (κ3) is 1.43. The van der Waals surface area contributed by atoms with Gasteiger partial charge in [-0.05, 0) is 42.8 Å². The summed E-state index contributed by atoms with van der Waals surface area (Å²) >= 11 is 0. The molecule has 0 aliphatic carbocycles. The minimum atomic E-state index is -1.79. The summed E-state index contributed by atoms with van der Waals surface area (Å²) < 4.78 is 67.4. The van der Waals surface area contributed by atoms with Crippen molar-refractivity contribution >= 4 is 10.8 Å². The first-order chi connectivity index (χ1) is 8.29. The number of benzene rings is 2. The molecule has 0 N–H and O–H groups in total. The van der Waals surface area contributed by atoms with Crippen molar-refractivity contribution < 1.29 is 22.0 Å². The molecule has 2 aromatic carbocycles. The molecule has 0 nitrogen and oxygen atoms in total. The van der Waals surface area contributed by atoms with Crippen LogP contribution in [-0.4, -0.2) is 0 Å². The van der Waals surface area contributed by atoms with Crippen molar-refractivity contribution in [2.75, 3.05) is 0 Å². The molecule has 0 aliphatic rings. The van der Waals surface area contributed by atoms with Crippen molar-refractivity contribution in [1.29, 1.82) is 0 Å². The molecule has 0 aromatic heterocycles. The van der Waals surface area contributed by atoms with Gasteiger partial charge in [-0.25, -0.2) is 22.0 Å². The molecule has 0 amide bonds. The van der Waals surface area contributed by atoms with E-state index < -0.39 is 34.5 Å². The van der Waals surface area contributed by atoms with Crippen molar-refractivity contribution in [2.45, 2.75) is 20.8 Å². The first-order valence-corrected chi connectivity index (χ1v) is 5.19. The van der Waals surface area contributed by atoms with Crippen LogP contribution in [-0.2, 0) is 0 Å². The molecule has 0 aliphatic heterocycles. The van der Waals surface area contributed by atoms with Crippen molar-refractivity contribution in [3.8, 4) is 0 Å². The van der Waals surface area contributed by atoms with Crippen LogP contribution in [0.2, 0.25) is 0 Å². The van der Waals surface area contributed by atoms with Gasteiger partial charge in [0.1, 0.15) is 0 Å². The Morgan fingerprint density at radius 2 is 0.889 bits per heavy atom. The summed E-state index contributed by atoms with van der Waals surface area (Å²) in [6.45, 7) is 3.90.